The number of aliphatic hydroxyl groups is 1. The van der Waals surface area contributed by atoms with Crippen LogP contribution < -0.4 is 21.7 Å². The van der Waals surface area contributed by atoms with Gasteiger partial charge in [-0.3, -0.25) is 14.4 Å². The Kier molecular flexibility index (Phi) is 9.58. The number of aromatic nitrogens is 1. The number of rotatable bonds is 12. The van der Waals surface area contributed by atoms with E-state index < -0.39 is 54.5 Å². The van der Waals surface area contributed by atoms with E-state index in [4.69, 9.17) is 10.8 Å². The Balaban J connectivity index is 2.12. The molecule has 0 saturated carbocycles. The lowest BCUT2D eigenvalue weighted by Crippen LogP contribution is -2.58. The molecule has 186 valence electrons. The highest BCUT2D eigenvalue weighted by Gasteiger charge is 2.31. The van der Waals surface area contributed by atoms with Crippen molar-refractivity contribution in [3.05, 3.63) is 36.0 Å². The van der Waals surface area contributed by atoms with Gasteiger partial charge in [-0.05, 0) is 24.5 Å². The van der Waals surface area contributed by atoms with Crippen LogP contribution in [0, 0.1) is 5.92 Å². The summed E-state index contributed by atoms with van der Waals surface area (Å²) in [5.74, 6) is -3.50. The van der Waals surface area contributed by atoms with Gasteiger partial charge in [0.2, 0.25) is 17.7 Å². The number of aliphatic hydroxyl groups excluding tert-OH is 1. The van der Waals surface area contributed by atoms with Gasteiger partial charge < -0.3 is 36.9 Å². The van der Waals surface area contributed by atoms with Crippen LogP contribution >= 0.6 is 0 Å². The highest BCUT2D eigenvalue weighted by Crippen LogP contribution is 2.19. The van der Waals surface area contributed by atoms with Crippen LogP contribution in [0.3, 0.4) is 0 Å². The number of H-pyrrole nitrogens is 1. The molecule has 0 fully saturated rings. The normalized spacial score (nSPS) is 15.6. The first kappa shape index (κ1) is 26.8. The van der Waals surface area contributed by atoms with Crippen molar-refractivity contribution in [1.29, 1.82) is 0 Å². The highest BCUT2D eigenvalue weighted by atomic mass is 16.4. The third-order valence-electron chi connectivity index (χ3n) is 5.79. The summed E-state index contributed by atoms with van der Waals surface area (Å²) >= 11 is 0. The quantitative estimate of drug-likeness (QED) is 0.218. The van der Waals surface area contributed by atoms with Gasteiger partial charge >= 0.3 is 5.97 Å². The lowest BCUT2D eigenvalue weighted by Gasteiger charge is -2.27. The number of carboxylic acids is 1. The molecule has 1 aromatic heterocycles. The minimum atomic E-state index is -1.21. The maximum absolute atomic E-state index is 13.0. The van der Waals surface area contributed by atoms with Gasteiger partial charge in [-0.15, -0.1) is 0 Å². The summed E-state index contributed by atoms with van der Waals surface area (Å²) in [4.78, 5) is 52.5. The van der Waals surface area contributed by atoms with Gasteiger partial charge in [0.1, 0.15) is 24.2 Å². The molecule has 2 rings (SSSR count). The Hall–Kier alpha value is -3.44. The summed E-state index contributed by atoms with van der Waals surface area (Å²) in [6, 6.07) is 3.01. The molecule has 0 spiro atoms. The van der Waals surface area contributed by atoms with Crippen LogP contribution in [0.5, 0.6) is 0 Å². The number of nitrogens with one attached hydrogen (secondary N) is 4. The number of benzene rings is 1. The van der Waals surface area contributed by atoms with Crippen LogP contribution in [0.25, 0.3) is 10.9 Å². The number of para-hydroxylation sites is 1. The summed E-state index contributed by atoms with van der Waals surface area (Å²) in [6.07, 6.45) is 2.30. The number of aliphatic carboxylic acids is 1. The van der Waals surface area contributed by atoms with Gasteiger partial charge in [-0.1, -0.05) is 38.5 Å². The average molecular weight is 476 g/mol. The molecule has 11 heteroatoms. The molecule has 1 heterocycles. The van der Waals surface area contributed by atoms with Crippen molar-refractivity contribution in [2.45, 2.75) is 57.8 Å². The van der Waals surface area contributed by atoms with E-state index in [-0.39, 0.29) is 12.3 Å². The van der Waals surface area contributed by atoms with Crippen molar-refractivity contribution in [3.63, 3.8) is 0 Å². The monoisotopic (exact) mass is 475 g/mol. The van der Waals surface area contributed by atoms with Crippen molar-refractivity contribution in [2.24, 2.45) is 11.7 Å². The molecule has 0 aliphatic rings. The first-order chi connectivity index (χ1) is 16.1. The van der Waals surface area contributed by atoms with Crippen molar-refractivity contribution < 1.29 is 29.4 Å². The largest absolute Gasteiger partial charge is 0.480 e. The Labute approximate surface area is 197 Å². The first-order valence-electron chi connectivity index (χ1n) is 11.1. The predicted molar refractivity (Wildman–Crippen MR) is 126 cm³/mol. The fourth-order valence-corrected chi connectivity index (χ4v) is 3.43. The minimum Gasteiger partial charge on any atom is -0.480 e. The Morgan fingerprint density at radius 2 is 1.71 bits per heavy atom. The number of carboxylic acid groups (broad SMARTS) is 1. The zero-order valence-electron chi connectivity index (χ0n) is 19.5. The average Bonchev–Trinajstić information content (AvgIpc) is 3.23. The molecular weight excluding hydrogens is 442 g/mol. The summed E-state index contributed by atoms with van der Waals surface area (Å²) in [6.45, 7) is 4.43. The second-order valence-corrected chi connectivity index (χ2v) is 8.35. The van der Waals surface area contributed by atoms with Crippen LogP contribution in [0.15, 0.2) is 30.5 Å². The summed E-state index contributed by atoms with van der Waals surface area (Å²) in [5, 5.41) is 27.1. The minimum absolute atomic E-state index is 0.0533. The SMILES string of the molecule is CCC(C)C(NC(=O)C(C)NC(=O)C(N)CO)C(=O)NC(Cc1c[nH]c2ccccc12)C(=O)O. The second kappa shape index (κ2) is 12.1. The van der Waals surface area contributed by atoms with E-state index in [0.29, 0.717) is 6.42 Å². The molecule has 0 aliphatic heterocycles. The molecular formula is C23H33N5O6. The molecule has 11 nitrogen and oxygen atoms in total. The molecule has 8 N–H and O–H groups in total. The van der Waals surface area contributed by atoms with Crippen molar-refractivity contribution in [1.82, 2.24) is 20.9 Å². The number of fused-ring (bicyclic) bond motifs is 1. The standard InChI is InChI=1S/C23H33N5O6/c1-4-12(2)19(28-20(30)13(3)26-21(31)16(24)11-29)22(32)27-18(23(33)34)9-14-10-25-17-8-6-5-7-15(14)17/h5-8,10,12-13,16,18-19,25,29H,4,9,11,24H2,1-3H3,(H,26,31)(H,27,32)(H,28,30)(H,33,34). The zero-order valence-corrected chi connectivity index (χ0v) is 19.5. The maximum atomic E-state index is 13.0. The molecule has 0 radical (unpaired) electrons. The van der Waals surface area contributed by atoms with Crippen molar-refractivity contribution in [3.8, 4) is 0 Å². The maximum Gasteiger partial charge on any atom is 0.326 e. The van der Waals surface area contributed by atoms with Crippen LogP contribution in [-0.2, 0) is 25.6 Å². The van der Waals surface area contributed by atoms with E-state index in [1.807, 2.05) is 31.2 Å². The predicted octanol–water partition coefficient (Wildman–Crippen LogP) is -0.365. The Bertz CT molecular complexity index is 1020. The highest BCUT2D eigenvalue weighted by molar-refractivity contribution is 5.94. The van der Waals surface area contributed by atoms with E-state index in [1.54, 1.807) is 13.1 Å². The number of aromatic amines is 1. The molecule has 34 heavy (non-hydrogen) atoms. The van der Waals surface area contributed by atoms with E-state index in [9.17, 15) is 24.3 Å². The topological polar surface area (TPSA) is 187 Å². The first-order valence-corrected chi connectivity index (χ1v) is 11.1. The van der Waals surface area contributed by atoms with E-state index in [0.717, 1.165) is 16.5 Å². The summed E-state index contributed by atoms with van der Waals surface area (Å²) in [5.41, 5.74) is 7.04. The molecule has 3 amide bonds. The zero-order chi connectivity index (χ0) is 25.4. The van der Waals surface area contributed by atoms with Gasteiger partial charge in [0.05, 0.1) is 6.61 Å². The number of amides is 3. The van der Waals surface area contributed by atoms with E-state index in [1.165, 1.54) is 6.92 Å². The number of carbonyl (C=O) groups excluding carboxylic acids is 3. The smallest absolute Gasteiger partial charge is 0.326 e. The third kappa shape index (κ3) is 6.78. The number of nitrogens with two attached hydrogens (primary N) is 1. The summed E-state index contributed by atoms with van der Waals surface area (Å²) in [7, 11) is 0. The lowest BCUT2D eigenvalue weighted by atomic mass is 9.97. The van der Waals surface area contributed by atoms with Crippen molar-refractivity contribution >= 4 is 34.6 Å². The Morgan fingerprint density at radius 1 is 1.03 bits per heavy atom. The van der Waals surface area contributed by atoms with Crippen LogP contribution in [0.4, 0.5) is 0 Å². The lowest BCUT2D eigenvalue weighted by molar-refractivity contribution is -0.142. The van der Waals surface area contributed by atoms with Gasteiger partial charge in [-0.2, -0.15) is 0 Å². The van der Waals surface area contributed by atoms with Gasteiger partial charge in [0.25, 0.3) is 0 Å². The molecule has 5 unspecified atom stereocenters. The molecule has 1 aromatic carbocycles. The number of hydrogen-bond donors (Lipinski definition) is 7. The van der Waals surface area contributed by atoms with Crippen LogP contribution in [0.2, 0.25) is 0 Å². The third-order valence-corrected chi connectivity index (χ3v) is 5.79. The number of hydrogen-bond acceptors (Lipinski definition) is 6. The Morgan fingerprint density at radius 3 is 2.32 bits per heavy atom. The van der Waals surface area contributed by atoms with Gasteiger partial charge in [0.15, 0.2) is 0 Å². The van der Waals surface area contributed by atoms with E-state index in [2.05, 4.69) is 20.9 Å². The molecule has 0 saturated heterocycles. The molecule has 0 bridgehead atoms. The van der Waals surface area contributed by atoms with Gasteiger partial charge in [-0.25, -0.2) is 4.79 Å². The molecule has 5 atom stereocenters. The fraction of sp³-hybridized carbons (Fsp3) is 0.478. The van der Waals surface area contributed by atoms with Gasteiger partial charge in [0, 0.05) is 23.5 Å². The fourth-order valence-electron chi connectivity index (χ4n) is 3.43. The molecule has 2 aromatic rings. The summed E-state index contributed by atoms with van der Waals surface area (Å²) < 4.78 is 0. The van der Waals surface area contributed by atoms with E-state index >= 15 is 0 Å². The van der Waals surface area contributed by atoms with Crippen LogP contribution in [0.1, 0.15) is 32.8 Å². The van der Waals surface area contributed by atoms with Crippen LogP contribution in [-0.4, -0.2) is 69.7 Å². The second-order valence-electron chi connectivity index (χ2n) is 8.35. The van der Waals surface area contributed by atoms with Crippen molar-refractivity contribution in [2.75, 3.05) is 6.61 Å². The molecule has 0 aliphatic carbocycles. The number of carbonyl (C=O) groups is 4.